The van der Waals surface area contributed by atoms with E-state index in [0.717, 1.165) is 60.7 Å². The van der Waals surface area contributed by atoms with E-state index in [-0.39, 0.29) is 24.0 Å². The average molecular weight is 534 g/mol. The Morgan fingerprint density at radius 3 is 2.87 bits per heavy atom. The maximum Gasteiger partial charge on any atom is 0.191 e. The number of benzene rings is 1. The van der Waals surface area contributed by atoms with Crippen LogP contribution in [0, 0.1) is 12.8 Å². The summed E-state index contributed by atoms with van der Waals surface area (Å²) in [6, 6.07) is 12.3. The number of nitrogens with one attached hydrogen (secondary N) is 2. The van der Waals surface area contributed by atoms with Crippen molar-refractivity contribution in [3.63, 3.8) is 0 Å². The predicted octanol–water partition coefficient (Wildman–Crippen LogP) is 3.74. The lowest BCUT2D eigenvalue weighted by Gasteiger charge is -2.15. The van der Waals surface area contributed by atoms with Crippen molar-refractivity contribution in [3.8, 4) is 5.75 Å². The third-order valence-corrected chi connectivity index (χ3v) is 5.32. The molecule has 0 saturated heterocycles. The average Bonchev–Trinajstić information content (AvgIpc) is 3.51. The molecule has 0 atom stereocenters. The molecule has 2 aromatic heterocycles. The van der Waals surface area contributed by atoms with Crippen LogP contribution in [0.1, 0.15) is 36.2 Å². The molecule has 2 heterocycles. The van der Waals surface area contributed by atoms with Crippen LogP contribution in [-0.4, -0.2) is 40.8 Å². The molecule has 1 saturated carbocycles. The number of nitrogens with zero attached hydrogens (tertiary/aromatic N) is 4. The van der Waals surface area contributed by atoms with Crippen LogP contribution < -0.4 is 15.4 Å². The van der Waals surface area contributed by atoms with Gasteiger partial charge >= 0.3 is 0 Å². The minimum atomic E-state index is 0. The molecular weight excluding hydrogens is 503 g/mol. The van der Waals surface area contributed by atoms with Crippen molar-refractivity contribution in [3.05, 3.63) is 59.5 Å². The zero-order valence-electron chi connectivity index (χ0n) is 18.2. The molecule has 31 heavy (non-hydrogen) atoms. The third-order valence-electron chi connectivity index (χ3n) is 5.32. The number of fused-ring (bicyclic) bond motifs is 1. The van der Waals surface area contributed by atoms with Gasteiger partial charge in [0.25, 0.3) is 0 Å². The highest BCUT2D eigenvalue weighted by atomic mass is 127. The number of aryl methyl sites for hydroxylation is 2. The Balaban J connectivity index is 0.00000272. The fraction of sp³-hybridized carbons (Fsp3) is 0.435. The van der Waals surface area contributed by atoms with Crippen molar-refractivity contribution in [2.24, 2.45) is 10.9 Å². The number of aliphatic imine (C=N–C) groups is 1. The second-order valence-corrected chi connectivity index (χ2v) is 7.87. The summed E-state index contributed by atoms with van der Waals surface area (Å²) in [6.07, 6.45) is 6.38. The van der Waals surface area contributed by atoms with Gasteiger partial charge in [-0.15, -0.1) is 34.2 Å². The standard InChI is InChI=1S/C23H30N6O.HI/c1-17-8-11-19(20(14-17)30-16-18-9-10-18)15-26-23(24-2)25-12-5-7-22-28-27-21-6-3-4-13-29(21)22;/h3-4,6,8,11,13-14,18H,5,7,9-10,12,15-16H2,1-2H3,(H2,24,25,26);1H. The first-order valence-electron chi connectivity index (χ1n) is 10.7. The molecule has 0 aliphatic heterocycles. The molecule has 7 nitrogen and oxygen atoms in total. The number of pyridine rings is 1. The van der Waals surface area contributed by atoms with Gasteiger partial charge in [-0.25, -0.2) is 0 Å². The molecular formula is C23H31IN6O. The highest BCUT2D eigenvalue weighted by molar-refractivity contribution is 14.0. The fourth-order valence-electron chi connectivity index (χ4n) is 3.35. The topological polar surface area (TPSA) is 75.8 Å². The van der Waals surface area contributed by atoms with Gasteiger partial charge in [0.05, 0.1) is 6.61 Å². The maximum atomic E-state index is 6.07. The number of aromatic nitrogens is 3. The van der Waals surface area contributed by atoms with Gasteiger partial charge in [-0.3, -0.25) is 9.39 Å². The molecule has 4 rings (SSSR count). The minimum absolute atomic E-state index is 0. The smallest absolute Gasteiger partial charge is 0.191 e. The van der Waals surface area contributed by atoms with Gasteiger partial charge in [-0.1, -0.05) is 18.2 Å². The van der Waals surface area contributed by atoms with Crippen LogP contribution >= 0.6 is 24.0 Å². The van der Waals surface area contributed by atoms with Gasteiger partial charge in [-0.05, 0) is 55.9 Å². The molecule has 1 aliphatic carbocycles. The molecule has 3 aromatic rings. The number of hydrogen-bond donors (Lipinski definition) is 2. The number of guanidine groups is 1. The fourth-order valence-corrected chi connectivity index (χ4v) is 3.35. The molecule has 8 heteroatoms. The highest BCUT2D eigenvalue weighted by Crippen LogP contribution is 2.30. The second kappa shape index (κ2) is 11.3. The largest absolute Gasteiger partial charge is 0.493 e. The van der Waals surface area contributed by atoms with Crippen molar-refractivity contribution in [1.29, 1.82) is 0 Å². The normalized spacial score (nSPS) is 13.7. The van der Waals surface area contributed by atoms with E-state index in [2.05, 4.69) is 50.9 Å². The van der Waals surface area contributed by atoms with Crippen LogP contribution in [-0.2, 0) is 13.0 Å². The van der Waals surface area contributed by atoms with Crippen molar-refractivity contribution < 1.29 is 4.74 Å². The van der Waals surface area contributed by atoms with Crippen LogP contribution in [0.4, 0.5) is 0 Å². The SMILES string of the molecule is CN=C(NCCCc1nnc2ccccn12)NCc1ccc(C)cc1OCC1CC1.I. The minimum Gasteiger partial charge on any atom is -0.493 e. The lowest BCUT2D eigenvalue weighted by atomic mass is 10.1. The number of ether oxygens (including phenoxy) is 1. The zero-order valence-corrected chi connectivity index (χ0v) is 20.5. The molecule has 0 bridgehead atoms. The molecule has 0 unspecified atom stereocenters. The summed E-state index contributed by atoms with van der Waals surface area (Å²) in [5.41, 5.74) is 3.25. The van der Waals surface area contributed by atoms with Gasteiger partial charge in [0.15, 0.2) is 11.6 Å². The van der Waals surface area contributed by atoms with Crippen molar-refractivity contribution >= 4 is 35.6 Å². The Labute approximate surface area is 200 Å². The molecule has 0 spiro atoms. The first-order chi connectivity index (χ1) is 14.7. The third kappa shape index (κ3) is 6.56. The zero-order chi connectivity index (χ0) is 20.8. The van der Waals surface area contributed by atoms with Gasteiger partial charge in [0, 0.05) is 38.3 Å². The second-order valence-electron chi connectivity index (χ2n) is 7.87. The van der Waals surface area contributed by atoms with Crippen LogP contribution in [0.15, 0.2) is 47.6 Å². The molecule has 1 aliphatic rings. The quantitative estimate of drug-likeness (QED) is 0.189. The van der Waals surface area contributed by atoms with Crippen molar-refractivity contribution in [2.45, 2.75) is 39.2 Å². The molecule has 0 amide bonds. The van der Waals surface area contributed by atoms with Crippen LogP contribution in [0.25, 0.3) is 5.65 Å². The Morgan fingerprint density at radius 2 is 2.06 bits per heavy atom. The number of rotatable bonds is 9. The Hall–Kier alpha value is -2.36. The van der Waals surface area contributed by atoms with E-state index < -0.39 is 0 Å². The monoisotopic (exact) mass is 534 g/mol. The summed E-state index contributed by atoms with van der Waals surface area (Å²) in [5.74, 6) is 3.48. The van der Waals surface area contributed by atoms with E-state index >= 15 is 0 Å². The maximum absolute atomic E-state index is 6.07. The van der Waals surface area contributed by atoms with Crippen LogP contribution in [0.2, 0.25) is 0 Å². The number of hydrogen-bond acceptors (Lipinski definition) is 4. The van der Waals surface area contributed by atoms with E-state index in [1.165, 1.54) is 18.4 Å². The Kier molecular flexibility index (Phi) is 8.51. The Bertz CT molecular complexity index is 1010. The highest BCUT2D eigenvalue weighted by Gasteiger charge is 2.22. The summed E-state index contributed by atoms with van der Waals surface area (Å²) in [4.78, 5) is 4.34. The summed E-state index contributed by atoms with van der Waals surface area (Å²) >= 11 is 0. The van der Waals surface area contributed by atoms with E-state index in [1.807, 2.05) is 28.8 Å². The summed E-state index contributed by atoms with van der Waals surface area (Å²) in [7, 11) is 1.79. The molecule has 2 N–H and O–H groups in total. The molecule has 1 fully saturated rings. The van der Waals surface area contributed by atoms with Crippen molar-refractivity contribution in [2.75, 3.05) is 20.2 Å². The molecule has 166 valence electrons. The molecule has 1 aromatic carbocycles. The van der Waals surface area contributed by atoms with Crippen LogP contribution in [0.5, 0.6) is 5.75 Å². The summed E-state index contributed by atoms with van der Waals surface area (Å²) in [6.45, 7) is 4.40. The number of halogens is 1. The van der Waals surface area contributed by atoms with Crippen LogP contribution in [0.3, 0.4) is 0 Å². The lowest BCUT2D eigenvalue weighted by Crippen LogP contribution is -2.37. The van der Waals surface area contributed by atoms with E-state index in [1.54, 1.807) is 7.05 Å². The first-order valence-corrected chi connectivity index (χ1v) is 10.7. The lowest BCUT2D eigenvalue weighted by molar-refractivity contribution is 0.296. The van der Waals surface area contributed by atoms with Crippen molar-refractivity contribution in [1.82, 2.24) is 25.2 Å². The molecule has 0 radical (unpaired) electrons. The van der Waals surface area contributed by atoms with Gasteiger partial charge in [0.2, 0.25) is 0 Å². The van der Waals surface area contributed by atoms with Gasteiger partial charge in [-0.2, -0.15) is 0 Å². The van der Waals surface area contributed by atoms with E-state index in [4.69, 9.17) is 4.74 Å². The first kappa shape index (κ1) is 23.3. The van der Waals surface area contributed by atoms with Gasteiger partial charge < -0.3 is 15.4 Å². The van der Waals surface area contributed by atoms with E-state index in [0.29, 0.717) is 6.54 Å². The summed E-state index contributed by atoms with van der Waals surface area (Å²) < 4.78 is 8.10. The van der Waals surface area contributed by atoms with Gasteiger partial charge in [0.1, 0.15) is 11.6 Å². The predicted molar refractivity (Wildman–Crippen MR) is 134 cm³/mol. The Morgan fingerprint density at radius 1 is 1.19 bits per heavy atom. The summed E-state index contributed by atoms with van der Waals surface area (Å²) in [5, 5.41) is 15.3. The van der Waals surface area contributed by atoms with E-state index in [9.17, 15) is 0 Å².